The zero-order valence-electron chi connectivity index (χ0n) is 18.7. The monoisotopic (exact) mass is 445 g/mol. The van der Waals surface area contributed by atoms with Crippen LogP contribution in [0.5, 0.6) is 0 Å². The SMILES string of the molecule is CC(C)c1cccc(C(C)C)c1NC(=O)CSc1ncnc2c1cnn2-c1ccccc1. The molecule has 2 aromatic carbocycles. The third-order valence-corrected chi connectivity index (χ3v) is 6.31. The van der Waals surface area contributed by atoms with Gasteiger partial charge in [-0.1, -0.05) is 75.9 Å². The lowest BCUT2D eigenvalue weighted by Crippen LogP contribution is -2.17. The van der Waals surface area contributed by atoms with Crippen LogP contribution in [0.4, 0.5) is 5.69 Å². The molecule has 0 bridgehead atoms. The summed E-state index contributed by atoms with van der Waals surface area (Å²) in [5, 5.41) is 9.23. The van der Waals surface area contributed by atoms with Gasteiger partial charge in [0.2, 0.25) is 5.91 Å². The molecule has 7 heteroatoms. The van der Waals surface area contributed by atoms with Crippen molar-refractivity contribution in [3.8, 4) is 5.69 Å². The highest BCUT2D eigenvalue weighted by Gasteiger charge is 2.17. The molecule has 32 heavy (non-hydrogen) atoms. The van der Waals surface area contributed by atoms with Gasteiger partial charge in [-0.3, -0.25) is 4.79 Å². The topological polar surface area (TPSA) is 72.7 Å². The number of para-hydroxylation sites is 2. The summed E-state index contributed by atoms with van der Waals surface area (Å²) in [5.74, 6) is 0.850. The number of rotatable bonds is 7. The first-order chi connectivity index (χ1) is 15.5. The van der Waals surface area contributed by atoms with Gasteiger partial charge in [-0.15, -0.1) is 0 Å². The quantitative estimate of drug-likeness (QED) is 0.288. The number of fused-ring (bicyclic) bond motifs is 1. The summed E-state index contributed by atoms with van der Waals surface area (Å²) in [4.78, 5) is 21.7. The van der Waals surface area contributed by atoms with Crippen molar-refractivity contribution in [3.63, 3.8) is 0 Å². The first-order valence-electron chi connectivity index (χ1n) is 10.7. The highest BCUT2D eigenvalue weighted by Crippen LogP contribution is 2.33. The zero-order chi connectivity index (χ0) is 22.7. The number of thioether (sulfide) groups is 1. The van der Waals surface area contributed by atoms with Gasteiger partial charge in [-0.05, 0) is 35.1 Å². The van der Waals surface area contributed by atoms with Crippen molar-refractivity contribution in [1.29, 1.82) is 0 Å². The summed E-state index contributed by atoms with van der Waals surface area (Å²) < 4.78 is 1.79. The summed E-state index contributed by atoms with van der Waals surface area (Å²) in [6.45, 7) is 8.58. The molecule has 0 spiro atoms. The van der Waals surface area contributed by atoms with Crippen molar-refractivity contribution >= 4 is 34.4 Å². The molecule has 0 atom stereocenters. The van der Waals surface area contributed by atoms with Crippen molar-refractivity contribution in [2.45, 2.75) is 44.6 Å². The first-order valence-corrected chi connectivity index (χ1v) is 11.7. The molecule has 0 radical (unpaired) electrons. The summed E-state index contributed by atoms with van der Waals surface area (Å²) in [5.41, 5.74) is 4.90. The molecule has 0 aliphatic rings. The van der Waals surface area contributed by atoms with E-state index < -0.39 is 0 Å². The number of carbonyl (C=O) groups is 1. The smallest absolute Gasteiger partial charge is 0.234 e. The molecule has 6 nitrogen and oxygen atoms in total. The van der Waals surface area contributed by atoms with Crippen LogP contribution in [-0.4, -0.2) is 31.4 Å². The van der Waals surface area contributed by atoms with E-state index in [9.17, 15) is 4.79 Å². The number of aromatic nitrogens is 4. The average molecular weight is 446 g/mol. The number of nitrogens with one attached hydrogen (secondary N) is 1. The van der Waals surface area contributed by atoms with Crippen LogP contribution in [0, 0.1) is 0 Å². The van der Waals surface area contributed by atoms with Crippen LogP contribution in [0.15, 0.2) is 66.1 Å². The van der Waals surface area contributed by atoms with E-state index in [1.165, 1.54) is 18.1 Å². The Labute approximate surface area is 192 Å². The van der Waals surface area contributed by atoms with Gasteiger partial charge >= 0.3 is 0 Å². The third-order valence-electron chi connectivity index (χ3n) is 5.31. The molecule has 1 N–H and O–H groups in total. The van der Waals surface area contributed by atoms with E-state index in [2.05, 4.69) is 66.3 Å². The Balaban J connectivity index is 1.54. The van der Waals surface area contributed by atoms with Crippen LogP contribution in [0.1, 0.15) is 50.7 Å². The maximum Gasteiger partial charge on any atom is 0.234 e. The van der Waals surface area contributed by atoms with E-state index in [0.29, 0.717) is 11.8 Å². The molecule has 0 aliphatic heterocycles. The molecular weight excluding hydrogens is 418 g/mol. The fourth-order valence-electron chi connectivity index (χ4n) is 3.70. The fraction of sp³-hybridized carbons (Fsp3) is 0.280. The van der Waals surface area contributed by atoms with Crippen molar-refractivity contribution in [3.05, 3.63) is 72.2 Å². The van der Waals surface area contributed by atoms with Crippen LogP contribution >= 0.6 is 11.8 Å². The van der Waals surface area contributed by atoms with E-state index in [0.717, 1.165) is 38.6 Å². The molecule has 0 unspecified atom stereocenters. The molecule has 4 aromatic rings. The Morgan fingerprint density at radius 2 is 1.66 bits per heavy atom. The third kappa shape index (κ3) is 4.53. The van der Waals surface area contributed by atoms with Crippen molar-refractivity contribution in [2.24, 2.45) is 0 Å². The van der Waals surface area contributed by atoms with E-state index in [-0.39, 0.29) is 11.7 Å². The number of hydrogen-bond acceptors (Lipinski definition) is 5. The predicted octanol–water partition coefficient (Wildman–Crippen LogP) is 5.79. The highest BCUT2D eigenvalue weighted by molar-refractivity contribution is 8.00. The molecule has 0 saturated heterocycles. The summed E-state index contributed by atoms with van der Waals surface area (Å²) in [6.07, 6.45) is 3.28. The standard InChI is InChI=1S/C25H27N5OS/c1-16(2)19-11-8-12-20(17(3)4)23(19)29-22(31)14-32-25-21-13-28-30(24(21)26-15-27-25)18-9-6-5-7-10-18/h5-13,15-17H,14H2,1-4H3,(H,29,31). The van der Waals surface area contributed by atoms with Crippen LogP contribution in [0.2, 0.25) is 0 Å². The average Bonchev–Trinajstić information content (AvgIpc) is 3.23. The number of amides is 1. The number of benzene rings is 2. The summed E-state index contributed by atoms with van der Waals surface area (Å²) in [7, 11) is 0. The minimum absolute atomic E-state index is 0.0489. The fourth-order valence-corrected chi connectivity index (χ4v) is 4.46. The Morgan fingerprint density at radius 1 is 0.969 bits per heavy atom. The van der Waals surface area contributed by atoms with Crippen molar-refractivity contribution in [1.82, 2.24) is 19.7 Å². The lowest BCUT2D eigenvalue weighted by Gasteiger charge is -2.20. The highest BCUT2D eigenvalue weighted by atomic mass is 32.2. The number of carbonyl (C=O) groups excluding carboxylic acids is 1. The van der Waals surface area contributed by atoms with Crippen LogP contribution in [0.25, 0.3) is 16.7 Å². The summed E-state index contributed by atoms with van der Waals surface area (Å²) in [6, 6.07) is 16.1. The van der Waals surface area contributed by atoms with Crippen LogP contribution < -0.4 is 5.32 Å². The molecule has 0 fully saturated rings. The molecule has 0 aliphatic carbocycles. The maximum absolute atomic E-state index is 12.9. The molecular formula is C25H27N5OS. The van der Waals surface area contributed by atoms with Gasteiger partial charge < -0.3 is 5.32 Å². The molecule has 2 aromatic heterocycles. The number of hydrogen-bond donors (Lipinski definition) is 1. The van der Waals surface area contributed by atoms with Crippen LogP contribution in [-0.2, 0) is 4.79 Å². The first kappa shape index (κ1) is 22.0. The second kappa shape index (κ2) is 9.53. The van der Waals surface area contributed by atoms with Crippen molar-refractivity contribution < 1.29 is 4.79 Å². The van der Waals surface area contributed by atoms with Gasteiger partial charge in [-0.25, -0.2) is 14.6 Å². The second-order valence-corrected chi connectivity index (χ2v) is 9.23. The van der Waals surface area contributed by atoms with Crippen molar-refractivity contribution in [2.75, 3.05) is 11.1 Å². The molecule has 164 valence electrons. The maximum atomic E-state index is 12.9. The van der Waals surface area contributed by atoms with Gasteiger partial charge in [0.05, 0.1) is 23.0 Å². The lowest BCUT2D eigenvalue weighted by molar-refractivity contribution is -0.113. The van der Waals surface area contributed by atoms with E-state index in [1.807, 2.05) is 30.3 Å². The Hall–Kier alpha value is -3.19. The largest absolute Gasteiger partial charge is 0.325 e. The van der Waals surface area contributed by atoms with Gasteiger partial charge in [0, 0.05) is 5.69 Å². The van der Waals surface area contributed by atoms with E-state index >= 15 is 0 Å². The minimum Gasteiger partial charge on any atom is -0.325 e. The Morgan fingerprint density at radius 3 is 2.31 bits per heavy atom. The Bertz CT molecular complexity index is 1210. The Kier molecular flexibility index (Phi) is 6.55. The van der Waals surface area contributed by atoms with Gasteiger partial charge in [0.1, 0.15) is 11.4 Å². The zero-order valence-corrected chi connectivity index (χ0v) is 19.6. The number of nitrogens with zero attached hydrogens (tertiary/aromatic N) is 4. The second-order valence-electron chi connectivity index (χ2n) is 8.27. The van der Waals surface area contributed by atoms with Gasteiger partial charge in [0.15, 0.2) is 5.65 Å². The minimum atomic E-state index is -0.0489. The van der Waals surface area contributed by atoms with Gasteiger partial charge in [0.25, 0.3) is 0 Å². The summed E-state index contributed by atoms with van der Waals surface area (Å²) >= 11 is 1.40. The molecule has 1 amide bonds. The predicted molar refractivity (Wildman–Crippen MR) is 131 cm³/mol. The lowest BCUT2D eigenvalue weighted by atomic mass is 9.92. The van der Waals surface area contributed by atoms with Crippen LogP contribution in [0.3, 0.4) is 0 Å². The normalized spacial score (nSPS) is 11.4. The molecule has 4 rings (SSSR count). The van der Waals surface area contributed by atoms with E-state index in [4.69, 9.17) is 0 Å². The molecule has 2 heterocycles. The number of anilines is 1. The van der Waals surface area contributed by atoms with Gasteiger partial charge in [-0.2, -0.15) is 5.10 Å². The molecule has 0 saturated carbocycles. The van der Waals surface area contributed by atoms with E-state index in [1.54, 1.807) is 10.9 Å².